The molecular formula is C11H14N2O2. The van der Waals surface area contributed by atoms with E-state index in [9.17, 15) is 0 Å². The summed E-state index contributed by atoms with van der Waals surface area (Å²) in [5.41, 5.74) is 1.50. The van der Waals surface area contributed by atoms with Gasteiger partial charge in [0, 0.05) is 17.8 Å². The highest BCUT2D eigenvalue weighted by Crippen LogP contribution is 2.47. The van der Waals surface area contributed by atoms with Gasteiger partial charge in [0.05, 0.1) is 13.2 Å². The lowest BCUT2D eigenvalue weighted by Gasteiger charge is -2.52. The van der Waals surface area contributed by atoms with Crippen LogP contribution in [-0.4, -0.2) is 29.3 Å². The lowest BCUT2D eigenvalue weighted by Crippen LogP contribution is -2.56. The number of hydrogen-bond acceptors (Lipinski definition) is 4. The standard InChI is InChI=1S/C11H14N2O2/c1-8-4-12-10(13-5-8)15-9-2-11(3-9)6-14-7-11/h4-5,9H,2-3,6-7H2,1H3. The zero-order valence-corrected chi connectivity index (χ0v) is 8.77. The smallest absolute Gasteiger partial charge is 0.316 e. The average Bonchev–Trinajstić information content (AvgIpc) is 2.10. The summed E-state index contributed by atoms with van der Waals surface area (Å²) in [6.45, 7) is 3.77. The van der Waals surface area contributed by atoms with Gasteiger partial charge in [-0.15, -0.1) is 0 Å². The molecule has 1 aliphatic heterocycles. The van der Waals surface area contributed by atoms with Crippen LogP contribution in [0, 0.1) is 12.3 Å². The molecule has 1 saturated heterocycles. The third kappa shape index (κ3) is 1.59. The first-order chi connectivity index (χ1) is 7.26. The summed E-state index contributed by atoms with van der Waals surface area (Å²) >= 11 is 0. The molecule has 4 heteroatoms. The number of ether oxygens (including phenoxy) is 2. The van der Waals surface area contributed by atoms with Gasteiger partial charge in [-0.2, -0.15) is 0 Å². The molecule has 1 aromatic heterocycles. The summed E-state index contributed by atoms with van der Waals surface area (Å²) in [7, 11) is 0. The normalized spacial score (nSPS) is 23.3. The van der Waals surface area contributed by atoms with E-state index in [0.717, 1.165) is 31.6 Å². The van der Waals surface area contributed by atoms with Gasteiger partial charge in [-0.1, -0.05) is 0 Å². The largest absolute Gasteiger partial charge is 0.460 e. The van der Waals surface area contributed by atoms with E-state index in [2.05, 4.69) is 9.97 Å². The molecule has 0 unspecified atom stereocenters. The first-order valence-corrected chi connectivity index (χ1v) is 5.29. The molecule has 80 valence electrons. The minimum atomic E-state index is 0.289. The maximum Gasteiger partial charge on any atom is 0.316 e. The topological polar surface area (TPSA) is 44.2 Å². The number of rotatable bonds is 2. The van der Waals surface area contributed by atoms with Gasteiger partial charge in [0.25, 0.3) is 0 Å². The molecule has 0 atom stereocenters. The van der Waals surface area contributed by atoms with Crippen LogP contribution in [0.3, 0.4) is 0 Å². The molecule has 3 rings (SSSR count). The van der Waals surface area contributed by atoms with E-state index in [1.165, 1.54) is 0 Å². The summed E-state index contributed by atoms with van der Waals surface area (Å²) < 4.78 is 10.9. The molecule has 0 aromatic carbocycles. The van der Waals surface area contributed by atoms with Crippen molar-refractivity contribution in [1.82, 2.24) is 9.97 Å². The van der Waals surface area contributed by atoms with Gasteiger partial charge in [0.15, 0.2) is 0 Å². The molecule has 0 bridgehead atoms. The second kappa shape index (κ2) is 3.17. The number of nitrogens with zero attached hydrogens (tertiary/aromatic N) is 2. The molecular weight excluding hydrogens is 192 g/mol. The fourth-order valence-electron chi connectivity index (χ4n) is 2.21. The minimum Gasteiger partial charge on any atom is -0.460 e. The first-order valence-electron chi connectivity index (χ1n) is 5.29. The van der Waals surface area contributed by atoms with Crippen LogP contribution in [0.2, 0.25) is 0 Å². The van der Waals surface area contributed by atoms with E-state index in [-0.39, 0.29) is 6.10 Å². The van der Waals surface area contributed by atoms with E-state index < -0.39 is 0 Å². The van der Waals surface area contributed by atoms with Gasteiger partial charge >= 0.3 is 6.01 Å². The van der Waals surface area contributed by atoms with E-state index in [1.807, 2.05) is 6.92 Å². The molecule has 2 fully saturated rings. The minimum absolute atomic E-state index is 0.289. The summed E-state index contributed by atoms with van der Waals surface area (Å²) in [4.78, 5) is 8.25. The van der Waals surface area contributed by atoms with Crippen molar-refractivity contribution >= 4 is 0 Å². The van der Waals surface area contributed by atoms with E-state index in [4.69, 9.17) is 9.47 Å². The van der Waals surface area contributed by atoms with Crippen molar-refractivity contribution in [2.24, 2.45) is 5.41 Å². The Morgan fingerprint density at radius 3 is 2.53 bits per heavy atom. The van der Waals surface area contributed by atoms with E-state index >= 15 is 0 Å². The van der Waals surface area contributed by atoms with Gasteiger partial charge in [-0.05, 0) is 25.3 Å². The van der Waals surface area contributed by atoms with Crippen molar-refractivity contribution in [3.8, 4) is 6.01 Å². The lowest BCUT2D eigenvalue weighted by atomic mass is 9.65. The second-order valence-electron chi connectivity index (χ2n) is 4.68. The van der Waals surface area contributed by atoms with Crippen LogP contribution in [0.1, 0.15) is 18.4 Å². The third-order valence-electron chi connectivity index (χ3n) is 3.17. The Hall–Kier alpha value is -1.16. The van der Waals surface area contributed by atoms with E-state index in [1.54, 1.807) is 12.4 Å². The molecule has 1 spiro atoms. The Kier molecular flexibility index (Phi) is 1.92. The Morgan fingerprint density at radius 1 is 1.33 bits per heavy atom. The Bertz CT molecular complexity index is 351. The molecule has 15 heavy (non-hydrogen) atoms. The van der Waals surface area contributed by atoms with Crippen LogP contribution in [0.15, 0.2) is 12.4 Å². The van der Waals surface area contributed by atoms with Gasteiger partial charge in [0.1, 0.15) is 6.10 Å². The van der Waals surface area contributed by atoms with Crippen LogP contribution >= 0.6 is 0 Å². The van der Waals surface area contributed by atoms with Crippen molar-refractivity contribution in [2.75, 3.05) is 13.2 Å². The van der Waals surface area contributed by atoms with Crippen molar-refractivity contribution in [2.45, 2.75) is 25.9 Å². The van der Waals surface area contributed by atoms with Crippen molar-refractivity contribution in [3.05, 3.63) is 18.0 Å². The molecule has 4 nitrogen and oxygen atoms in total. The Balaban J connectivity index is 1.56. The quantitative estimate of drug-likeness (QED) is 0.732. The molecule has 1 aliphatic carbocycles. The highest BCUT2D eigenvalue weighted by atomic mass is 16.5. The highest BCUT2D eigenvalue weighted by Gasteiger charge is 2.51. The number of aromatic nitrogens is 2. The zero-order valence-electron chi connectivity index (χ0n) is 8.77. The summed E-state index contributed by atoms with van der Waals surface area (Å²) in [6, 6.07) is 0.501. The molecule has 2 aliphatic rings. The molecule has 1 saturated carbocycles. The van der Waals surface area contributed by atoms with Crippen LogP contribution in [-0.2, 0) is 4.74 Å². The van der Waals surface area contributed by atoms with Gasteiger partial charge < -0.3 is 9.47 Å². The number of aryl methyl sites for hydroxylation is 1. The third-order valence-corrected chi connectivity index (χ3v) is 3.17. The predicted octanol–water partition coefficient (Wildman–Crippen LogP) is 1.34. The van der Waals surface area contributed by atoms with Crippen LogP contribution in [0.5, 0.6) is 6.01 Å². The molecule has 0 radical (unpaired) electrons. The Labute approximate surface area is 88.6 Å². The monoisotopic (exact) mass is 206 g/mol. The maximum atomic E-state index is 5.66. The van der Waals surface area contributed by atoms with Gasteiger partial charge in [-0.25, -0.2) is 9.97 Å². The van der Waals surface area contributed by atoms with Gasteiger partial charge in [0.2, 0.25) is 0 Å². The lowest BCUT2D eigenvalue weighted by molar-refractivity contribution is -0.192. The maximum absolute atomic E-state index is 5.66. The highest BCUT2D eigenvalue weighted by molar-refractivity contribution is 5.07. The Morgan fingerprint density at radius 2 is 2.00 bits per heavy atom. The second-order valence-corrected chi connectivity index (χ2v) is 4.68. The van der Waals surface area contributed by atoms with Crippen LogP contribution < -0.4 is 4.74 Å². The molecule has 2 heterocycles. The van der Waals surface area contributed by atoms with Crippen molar-refractivity contribution in [3.63, 3.8) is 0 Å². The summed E-state index contributed by atoms with van der Waals surface area (Å²) in [5.74, 6) is 0. The van der Waals surface area contributed by atoms with Crippen LogP contribution in [0.4, 0.5) is 0 Å². The zero-order chi connectivity index (χ0) is 10.3. The first kappa shape index (κ1) is 9.09. The molecule has 0 N–H and O–H groups in total. The predicted molar refractivity (Wildman–Crippen MR) is 53.7 cm³/mol. The van der Waals surface area contributed by atoms with Crippen molar-refractivity contribution in [1.29, 1.82) is 0 Å². The number of hydrogen-bond donors (Lipinski definition) is 0. The molecule has 0 amide bonds. The van der Waals surface area contributed by atoms with Crippen LogP contribution in [0.25, 0.3) is 0 Å². The SMILES string of the molecule is Cc1cnc(OC2CC3(COC3)C2)nc1. The van der Waals surface area contributed by atoms with Gasteiger partial charge in [-0.3, -0.25) is 0 Å². The summed E-state index contributed by atoms with van der Waals surface area (Å²) in [6.07, 6.45) is 6.03. The fourth-order valence-corrected chi connectivity index (χ4v) is 2.21. The summed E-state index contributed by atoms with van der Waals surface area (Å²) in [5, 5.41) is 0. The molecule has 1 aromatic rings. The average molecular weight is 206 g/mol. The van der Waals surface area contributed by atoms with E-state index in [0.29, 0.717) is 11.4 Å². The van der Waals surface area contributed by atoms with Crippen molar-refractivity contribution < 1.29 is 9.47 Å². The fraction of sp³-hybridized carbons (Fsp3) is 0.636.